The van der Waals surface area contributed by atoms with Crippen LogP contribution in [0.25, 0.3) is 0 Å². The Morgan fingerprint density at radius 3 is 1.10 bits per heavy atom. The SMILES string of the molecule is COc1ccc(N=C2N/C(=C/C=C3\N=C(Nc4ccc(OC)cc4)C(=Nc4ccc(OC)cc4)N3)N=C2Nc2ccc(OC)cc2)cc1. The van der Waals surface area contributed by atoms with Crippen LogP contribution in [0.1, 0.15) is 0 Å². The number of nitrogens with zero attached hydrogens (tertiary/aromatic N) is 4. The molecule has 0 aromatic heterocycles. The van der Waals surface area contributed by atoms with Gasteiger partial charge in [-0.15, -0.1) is 0 Å². The molecule has 48 heavy (non-hydrogen) atoms. The molecule has 242 valence electrons. The van der Waals surface area contributed by atoms with E-state index in [2.05, 4.69) is 21.3 Å². The maximum Gasteiger partial charge on any atom is 0.176 e. The molecular formula is C36H34N8O4. The largest absolute Gasteiger partial charge is 0.497 e. The molecule has 12 heteroatoms. The van der Waals surface area contributed by atoms with Gasteiger partial charge in [-0.3, -0.25) is 0 Å². The zero-order valence-electron chi connectivity index (χ0n) is 26.8. The van der Waals surface area contributed by atoms with E-state index in [1.54, 1.807) is 28.4 Å². The van der Waals surface area contributed by atoms with Crippen LogP contribution in [0.15, 0.2) is 141 Å². The second-order valence-electron chi connectivity index (χ2n) is 10.3. The zero-order chi connectivity index (χ0) is 33.3. The summed E-state index contributed by atoms with van der Waals surface area (Å²) in [4.78, 5) is 19.2. The van der Waals surface area contributed by atoms with Crippen molar-refractivity contribution in [3.63, 3.8) is 0 Å². The van der Waals surface area contributed by atoms with Gasteiger partial charge in [0.15, 0.2) is 23.3 Å². The predicted octanol–water partition coefficient (Wildman–Crippen LogP) is 6.39. The molecule has 0 radical (unpaired) electrons. The van der Waals surface area contributed by atoms with E-state index < -0.39 is 0 Å². The van der Waals surface area contributed by atoms with Crippen molar-refractivity contribution in [1.82, 2.24) is 10.6 Å². The van der Waals surface area contributed by atoms with Gasteiger partial charge in [-0.2, -0.15) is 0 Å². The van der Waals surface area contributed by atoms with E-state index >= 15 is 0 Å². The maximum atomic E-state index is 5.30. The van der Waals surface area contributed by atoms with E-state index in [-0.39, 0.29) is 0 Å². The van der Waals surface area contributed by atoms with Crippen LogP contribution in [0.4, 0.5) is 22.7 Å². The van der Waals surface area contributed by atoms with E-state index in [9.17, 15) is 0 Å². The van der Waals surface area contributed by atoms with Gasteiger partial charge in [-0.1, -0.05) is 0 Å². The highest BCUT2D eigenvalue weighted by atomic mass is 16.5. The molecular weight excluding hydrogens is 608 g/mol. The molecule has 0 fully saturated rings. The molecule has 0 spiro atoms. The first kappa shape index (κ1) is 31.4. The van der Waals surface area contributed by atoms with E-state index in [4.69, 9.17) is 38.9 Å². The van der Waals surface area contributed by atoms with Crippen molar-refractivity contribution in [1.29, 1.82) is 0 Å². The minimum atomic E-state index is 0.548. The van der Waals surface area contributed by atoms with Crippen LogP contribution in [0.2, 0.25) is 0 Å². The number of hydrogen-bond donors (Lipinski definition) is 4. The summed E-state index contributed by atoms with van der Waals surface area (Å²) in [5.41, 5.74) is 3.12. The molecule has 0 atom stereocenters. The molecule has 12 nitrogen and oxygen atoms in total. The maximum absolute atomic E-state index is 5.30. The smallest absolute Gasteiger partial charge is 0.176 e. The average Bonchev–Trinajstić information content (AvgIpc) is 3.70. The van der Waals surface area contributed by atoms with Gasteiger partial charge in [-0.05, 0) is 109 Å². The van der Waals surface area contributed by atoms with Crippen molar-refractivity contribution in [2.24, 2.45) is 20.0 Å². The Morgan fingerprint density at radius 2 is 0.792 bits per heavy atom. The summed E-state index contributed by atoms with van der Waals surface area (Å²) in [5, 5.41) is 13.3. The number of ether oxygens (including phenoxy) is 4. The Morgan fingerprint density at radius 1 is 0.479 bits per heavy atom. The Kier molecular flexibility index (Phi) is 9.62. The quantitative estimate of drug-likeness (QED) is 0.165. The van der Waals surface area contributed by atoms with E-state index in [1.165, 1.54) is 0 Å². The van der Waals surface area contributed by atoms with Crippen molar-refractivity contribution in [3.8, 4) is 23.0 Å². The summed E-state index contributed by atoms with van der Waals surface area (Å²) in [5.74, 6) is 6.32. The van der Waals surface area contributed by atoms with Crippen molar-refractivity contribution in [2.75, 3.05) is 39.1 Å². The molecule has 6 rings (SSSR count). The number of aliphatic imine (C=N–C) groups is 4. The van der Waals surface area contributed by atoms with Gasteiger partial charge in [0.05, 0.1) is 39.8 Å². The Balaban J connectivity index is 1.29. The Bertz CT molecular complexity index is 1790. The van der Waals surface area contributed by atoms with Crippen LogP contribution in [0.3, 0.4) is 0 Å². The standard InChI is InChI=1S/C36H34N8O4/c1-45-27-13-5-23(6-14-27)37-33-34(38-24-7-15-28(46-2)16-8-24)42-31(41-33)21-22-32-43-35(39-25-9-17-29(47-3)18-10-25)36(44-32)40-26-11-19-30(48-4)20-12-26/h5-22H,1-4H3,(H,37,41)(H,38,42)(H,39,43)(H,40,44). The second kappa shape index (κ2) is 14.7. The van der Waals surface area contributed by atoms with Crippen molar-refractivity contribution in [2.45, 2.75) is 0 Å². The van der Waals surface area contributed by atoms with Gasteiger partial charge in [0.25, 0.3) is 0 Å². The first-order valence-corrected chi connectivity index (χ1v) is 14.9. The van der Waals surface area contributed by atoms with Crippen LogP contribution < -0.4 is 40.2 Å². The summed E-state index contributed by atoms with van der Waals surface area (Å²) in [6.07, 6.45) is 3.64. The fourth-order valence-corrected chi connectivity index (χ4v) is 4.61. The zero-order valence-corrected chi connectivity index (χ0v) is 26.8. The highest BCUT2D eigenvalue weighted by Crippen LogP contribution is 2.23. The van der Waals surface area contributed by atoms with Gasteiger partial charge in [0.2, 0.25) is 0 Å². The Labute approximate surface area is 278 Å². The number of anilines is 2. The molecule has 0 saturated heterocycles. The summed E-state index contributed by atoms with van der Waals surface area (Å²) in [6, 6.07) is 30.1. The lowest BCUT2D eigenvalue weighted by Gasteiger charge is -2.08. The highest BCUT2D eigenvalue weighted by molar-refractivity contribution is 6.47. The lowest BCUT2D eigenvalue weighted by Crippen LogP contribution is -2.28. The number of allylic oxidation sites excluding steroid dienone is 2. The third-order valence-corrected chi connectivity index (χ3v) is 7.14. The molecule has 0 amide bonds. The van der Waals surface area contributed by atoms with Gasteiger partial charge in [0.1, 0.15) is 34.6 Å². The van der Waals surface area contributed by atoms with Crippen molar-refractivity contribution in [3.05, 3.63) is 121 Å². The molecule has 0 bridgehead atoms. The number of nitrogens with one attached hydrogen (secondary N) is 4. The van der Waals surface area contributed by atoms with Gasteiger partial charge in [-0.25, -0.2) is 20.0 Å². The lowest BCUT2D eigenvalue weighted by atomic mass is 10.3. The summed E-state index contributed by atoms with van der Waals surface area (Å²) < 4.78 is 21.2. The molecule has 2 heterocycles. The molecule has 0 aliphatic carbocycles. The number of methoxy groups -OCH3 is 4. The van der Waals surface area contributed by atoms with Gasteiger partial charge in [0, 0.05) is 11.4 Å². The molecule has 4 aromatic rings. The molecule has 2 aliphatic rings. The molecule has 4 N–H and O–H groups in total. The van der Waals surface area contributed by atoms with Crippen LogP contribution in [0.5, 0.6) is 23.0 Å². The molecule has 4 aromatic carbocycles. The summed E-state index contributed by atoms with van der Waals surface area (Å²) in [6.45, 7) is 0. The third-order valence-electron chi connectivity index (χ3n) is 7.14. The third kappa shape index (κ3) is 7.80. The first-order valence-electron chi connectivity index (χ1n) is 14.9. The number of rotatable bonds is 9. The number of amidine groups is 4. The normalized spacial score (nSPS) is 17.1. The van der Waals surface area contributed by atoms with E-state index in [1.807, 2.05) is 109 Å². The van der Waals surface area contributed by atoms with Crippen LogP contribution in [-0.2, 0) is 0 Å². The average molecular weight is 643 g/mol. The molecule has 0 saturated carbocycles. The minimum Gasteiger partial charge on any atom is -0.497 e. The Hall–Kier alpha value is -6.56. The van der Waals surface area contributed by atoms with Crippen molar-refractivity contribution >= 4 is 46.1 Å². The second-order valence-corrected chi connectivity index (χ2v) is 10.3. The van der Waals surface area contributed by atoms with E-state index in [0.29, 0.717) is 35.0 Å². The van der Waals surface area contributed by atoms with Crippen LogP contribution >= 0.6 is 0 Å². The molecule has 0 unspecified atom stereocenters. The first-order chi connectivity index (χ1) is 23.5. The minimum absolute atomic E-state index is 0.548. The molecule has 2 aliphatic heterocycles. The summed E-state index contributed by atoms with van der Waals surface area (Å²) >= 11 is 0. The monoisotopic (exact) mass is 642 g/mol. The predicted molar refractivity (Wildman–Crippen MR) is 191 cm³/mol. The van der Waals surface area contributed by atoms with Crippen LogP contribution in [0, 0.1) is 0 Å². The number of hydrogen-bond acceptors (Lipinski definition) is 10. The topological polar surface area (TPSA) is 134 Å². The fourth-order valence-electron chi connectivity index (χ4n) is 4.61. The van der Waals surface area contributed by atoms with Gasteiger partial charge < -0.3 is 40.2 Å². The number of benzene rings is 4. The highest BCUT2D eigenvalue weighted by Gasteiger charge is 2.22. The summed E-state index contributed by atoms with van der Waals surface area (Å²) in [7, 11) is 6.52. The van der Waals surface area contributed by atoms with Crippen LogP contribution in [-0.4, -0.2) is 51.8 Å². The van der Waals surface area contributed by atoms with Crippen molar-refractivity contribution < 1.29 is 18.9 Å². The van der Waals surface area contributed by atoms with E-state index in [0.717, 1.165) is 45.7 Å². The van der Waals surface area contributed by atoms with Gasteiger partial charge >= 0.3 is 0 Å². The fraction of sp³-hybridized carbons (Fsp3) is 0.111. The lowest BCUT2D eigenvalue weighted by molar-refractivity contribution is 0.415.